The lowest BCUT2D eigenvalue weighted by Crippen LogP contribution is -2.30. The fourth-order valence-electron chi connectivity index (χ4n) is 1.21. The summed E-state index contributed by atoms with van der Waals surface area (Å²) in [6.45, 7) is 0.802. The van der Waals surface area contributed by atoms with E-state index in [2.05, 4.69) is 15.5 Å². The predicted molar refractivity (Wildman–Crippen MR) is 53.0 cm³/mol. The lowest BCUT2D eigenvalue weighted by Gasteiger charge is -2.20. The first-order valence-corrected chi connectivity index (χ1v) is 6.26. The van der Waals surface area contributed by atoms with E-state index in [0.717, 1.165) is 18.1 Å². The second kappa shape index (κ2) is 4.26. The molecular formula is C7H8F3N3S2. The molecular weight excluding hydrogens is 247 g/mol. The summed E-state index contributed by atoms with van der Waals surface area (Å²) in [6.07, 6.45) is -4.38. The zero-order valence-electron chi connectivity index (χ0n) is 7.54. The number of aromatic nitrogens is 2. The average molecular weight is 255 g/mol. The second-order valence-electron chi connectivity index (χ2n) is 3.02. The normalized spacial score (nSPS) is 23.0. The van der Waals surface area contributed by atoms with Crippen LogP contribution in [0.4, 0.5) is 13.2 Å². The van der Waals surface area contributed by atoms with Crippen LogP contribution in [0.15, 0.2) is 0 Å². The Morgan fingerprint density at radius 3 is 2.67 bits per heavy atom. The highest BCUT2D eigenvalue weighted by atomic mass is 32.2. The van der Waals surface area contributed by atoms with Crippen LogP contribution < -0.4 is 5.32 Å². The Balaban J connectivity index is 2.12. The Labute approximate surface area is 92.5 Å². The van der Waals surface area contributed by atoms with E-state index in [9.17, 15) is 13.2 Å². The molecule has 0 radical (unpaired) electrons. The van der Waals surface area contributed by atoms with Crippen molar-refractivity contribution >= 4 is 23.1 Å². The fourth-order valence-corrected chi connectivity index (χ4v) is 3.05. The van der Waals surface area contributed by atoms with Crippen molar-refractivity contribution in [1.82, 2.24) is 15.5 Å². The lowest BCUT2D eigenvalue weighted by atomic mass is 10.3. The van der Waals surface area contributed by atoms with Crippen LogP contribution in [0, 0.1) is 0 Å². The third-order valence-electron chi connectivity index (χ3n) is 1.90. The van der Waals surface area contributed by atoms with E-state index >= 15 is 0 Å². The van der Waals surface area contributed by atoms with Crippen molar-refractivity contribution in [2.24, 2.45) is 0 Å². The Kier molecular flexibility index (Phi) is 3.17. The molecule has 1 aromatic rings. The molecule has 1 N–H and O–H groups in total. The van der Waals surface area contributed by atoms with Crippen LogP contribution in [0.2, 0.25) is 0 Å². The molecule has 1 aliphatic heterocycles. The van der Waals surface area contributed by atoms with Gasteiger partial charge in [-0.1, -0.05) is 11.3 Å². The molecule has 84 valence electrons. The number of thioether (sulfide) groups is 1. The summed E-state index contributed by atoms with van der Waals surface area (Å²) >= 11 is 2.33. The van der Waals surface area contributed by atoms with Gasteiger partial charge in [0, 0.05) is 18.1 Å². The van der Waals surface area contributed by atoms with Gasteiger partial charge >= 0.3 is 6.18 Å². The topological polar surface area (TPSA) is 37.8 Å². The molecule has 2 heterocycles. The van der Waals surface area contributed by atoms with Crippen molar-refractivity contribution in [2.75, 3.05) is 18.1 Å². The highest BCUT2D eigenvalue weighted by Gasteiger charge is 2.36. The summed E-state index contributed by atoms with van der Waals surface area (Å²) in [6, 6.07) is -0.0858. The number of nitrogens with zero attached hydrogens (tertiary/aromatic N) is 2. The second-order valence-corrected chi connectivity index (χ2v) is 5.18. The number of halogens is 3. The van der Waals surface area contributed by atoms with E-state index in [-0.39, 0.29) is 6.04 Å². The van der Waals surface area contributed by atoms with Gasteiger partial charge in [-0.05, 0) is 0 Å². The maximum absolute atomic E-state index is 12.3. The van der Waals surface area contributed by atoms with Gasteiger partial charge in [0.15, 0.2) is 0 Å². The SMILES string of the molecule is FC(F)(F)c1nnc(C2CSCCN2)s1. The largest absolute Gasteiger partial charge is 0.445 e. The van der Waals surface area contributed by atoms with Gasteiger partial charge in [-0.3, -0.25) is 0 Å². The van der Waals surface area contributed by atoms with Crippen molar-refractivity contribution < 1.29 is 13.2 Å². The highest BCUT2D eigenvalue weighted by Crippen LogP contribution is 2.34. The molecule has 1 fully saturated rings. The molecule has 8 heteroatoms. The molecule has 0 spiro atoms. The van der Waals surface area contributed by atoms with Crippen LogP contribution in [0.25, 0.3) is 0 Å². The van der Waals surface area contributed by atoms with Crippen LogP contribution in [0.3, 0.4) is 0 Å². The Hall–Kier alpha value is -0.340. The molecule has 1 aliphatic rings. The van der Waals surface area contributed by atoms with Crippen LogP contribution >= 0.6 is 23.1 Å². The van der Waals surface area contributed by atoms with Crippen LogP contribution in [0.1, 0.15) is 16.1 Å². The zero-order chi connectivity index (χ0) is 10.9. The van der Waals surface area contributed by atoms with Gasteiger partial charge < -0.3 is 5.32 Å². The quantitative estimate of drug-likeness (QED) is 0.832. The molecule has 1 atom stereocenters. The summed E-state index contributed by atoms with van der Waals surface area (Å²) in [7, 11) is 0. The van der Waals surface area contributed by atoms with E-state index in [1.165, 1.54) is 0 Å². The van der Waals surface area contributed by atoms with E-state index in [0.29, 0.717) is 16.3 Å². The maximum Gasteiger partial charge on any atom is 0.445 e. The van der Waals surface area contributed by atoms with E-state index in [1.54, 1.807) is 11.8 Å². The summed E-state index contributed by atoms with van der Waals surface area (Å²) in [5.41, 5.74) is 0. The lowest BCUT2D eigenvalue weighted by molar-refractivity contribution is -0.138. The number of nitrogens with one attached hydrogen (secondary N) is 1. The van der Waals surface area contributed by atoms with Crippen molar-refractivity contribution in [2.45, 2.75) is 12.2 Å². The van der Waals surface area contributed by atoms with Crippen LogP contribution in [-0.2, 0) is 6.18 Å². The van der Waals surface area contributed by atoms with E-state index in [1.807, 2.05) is 0 Å². The minimum absolute atomic E-state index is 0.0858. The molecule has 3 nitrogen and oxygen atoms in total. The summed E-state index contributed by atoms with van der Waals surface area (Å²) in [4.78, 5) is 0. The first-order chi connectivity index (χ1) is 7.07. The smallest absolute Gasteiger partial charge is 0.306 e. The van der Waals surface area contributed by atoms with E-state index < -0.39 is 11.2 Å². The number of hydrogen-bond acceptors (Lipinski definition) is 5. The van der Waals surface area contributed by atoms with Gasteiger partial charge in [0.1, 0.15) is 5.01 Å². The molecule has 2 rings (SSSR count). The fraction of sp³-hybridized carbons (Fsp3) is 0.714. The van der Waals surface area contributed by atoms with Crippen LogP contribution in [0.5, 0.6) is 0 Å². The molecule has 1 aromatic heterocycles. The Morgan fingerprint density at radius 2 is 2.13 bits per heavy atom. The number of alkyl halides is 3. The maximum atomic E-state index is 12.3. The summed E-state index contributed by atoms with van der Waals surface area (Å²) in [5, 5.41) is 9.42. The molecule has 1 saturated heterocycles. The van der Waals surface area contributed by atoms with Gasteiger partial charge in [-0.25, -0.2) is 0 Å². The first kappa shape index (κ1) is 11.2. The van der Waals surface area contributed by atoms with Crippen LogP contribution in [-0.4, -0.2) is 28.2 Å². The van der Waals surface area contributed by atoms with Gasteiger partial charge in [-0.15, -0.1) is 10.2 Å². The third-order valence-corrected chi connectivity index (χ3v) is 4.05. The monoisotopic (exact) mass is 255 g/mol. The van der Waals surface area contributed by atoms with Gasteiger partial charge in [0.2, 0.25) is 5.01 Å². The average Bonchev–Trinajstić information content (AvgIpc) is 2.67. The minimum atomic E-state index is -4.38. The van der Waals surface area contributed by atoms with Crippen molar-refractivity contribution in [3.63, 3.8) is 0 Å². The Bertz CT molecular complexity index is 332. The number of hydrogen-bond donors (Lipinski definition) is 1. The zero-order valence-corrected chi connectivity index (χ0v) is 9.18. The van der Waals surface area contributed by atoms with E-state index in [4.69, 9.17) is 0 Å². The first-order valence-electron chi connectivity index (χ1n) is 4.29. The van der Waals surface area contributed by atoms with Gasteiger partial charge in [0.05, 0.1) is 6.04 Å². The minimum Gasteiger partial charge on any atom is -0.306 e. The third kappa shape index (κ3) is 2.61. The van der Waals surface area contributed by atoms with Gasteiger partial charge in [0.25, 0.3) is 0 Å². The van der Waals surface area contributed by atoms with Crippen molar-refractivity contribution in [3.8, 4) is 0 Å². The Morgan fingerprint density at radius 1 is 1.33 bits per heavy atom. The number of rotatable bonds is 1. The molecule has 0 bridgehead atoms. The molecule has 1 unspecified atom stereocenters. The molecule has 0 aliphatic carbocycles. The highest BCUT2D eigenvalue weighted by molar-refractivity contribution is 7.99. The van der Waals surface area contributed by atoms with Crippen molar-refractivity contribution in [3.05, 3.63) is 10.0 Å². The standard InChI is InChI=1S/C7H8F3N3S2/c8-7(9,10)6-13-12-5(15-6)4-3-14-2-1-11-4/h4,11H,1-3H2. The molecule has 0 saturated carbocycles. The molecule has 0 aromatic carbocycles. The predicted octanol–water partition coefficient (Wildman–Crippen LogP) is 1.93. The van der Waals surface area contributed by atoms with Gasteiger partial charge in [-0.2, -0.15) is 24.9 Å². The molecule has 15 heavy (non-hydrogen) atoms. The van der Waals surface area contributed by atoms with Crippen molar-refractivity contribution in [1.29, 1.82) is 0 Å². The summed E-state index contributed by atoms with van der Waals surface area (Å²) < 4.78 is 36.8. The summed E-state index contributed by atoms with van der Waals surface area (Å²) in [5.74, 6) is 1.74. The molecule has 0 amide bonds.